The summed E-state index contributed by atoms with van der Waals surface area (Å²) in [6, 6.07) is 10.3. The maximum atomic E-state index is 12.3. The van der Waals surface area contributed by atoms with Crippen LogP contribution in [0.1, 0.15) is 10.6 Å². The summed E-state index contributed by atoms with van der Waals surface area (Å²) in [6.45, 7) is 1.62. The molecule has 1 saturated heterocycles. The van der Waals surface area contributed by atoms with Crippen LogP contribution in [-0.4, -0.2) is 38.7 Å². The molecule has 0 unspecified atom stereocenters. The van der Waals surface area contributed by atoms with E-state index in [0.29, 0.717) is 30.1 Å². The number of hydrogen-bond acceptors (Lipinski definition) is 5. The molecule has 0 radical (unpaired) electrons. The van der Waals surface area contributed by atoms with Gasteiger partial charge in [-0.2, -0.15) is 5.10 Å². The van der Waals surface area contributed by atoms with Gasteiger partial charge in [0.05, 0.1) is 12.2 Å². The molecule has 0 aromatic carbocycles. The molecule has 4 heterocycles. The minimum absolute atomic E-state index is 0.141. The second-order valence-electron chi connectivity index (χ2n) is 6.15. The number of nitrogens with zero attached hydrogens (tertiary/aromatic N) is 4. The quantitative estimate of drug-likeness (QED) is 0.654. The van der Waals surface area contributed by atoms with Crippen molar-refractivity contribution in [3.63, 3.8) is 0 Å². The van der Waals surface area contributed by atoms with Crippen molar-refractivity contribution in [2.75, 3.05) is 13.1 Å². The Hall–Kier alpha value is -2.74. The van der Waals surface area contributed by atoms with Crippen molar-refractivity contribution in [1.82, 2.24) is 19.7 Å². The lowest BCUT2D eigenvalue weighted by molar-refractivity contribution is 0.0426. The smallest absolute Gasteiger partial charge is 0.289 e. The number of likely N-dealkylation sites (tertiary alicyclic amines) is 1. The van der Waals surface area contributed by atoms with Crippen molar-refractivity contribution < 1.29 is 9.21 Å². The molecular weight excluding hydrogens is 400 g/mol. The third-order valence-corrected chi connectivity index (χ3v) is 4.73. The van der Waals surface area contributed by atoms with E-state index in [9.17, 15) is 9.59 Å². The Morgan fingerprint density at radius 2 is 1.92 bits per heavy atom. The number of carbonyl (C=O) groups excluding carboxylic acids is 1. The van der Waals surface area contributed by atoms with Crippen molar-refractivity contribution in [2.24, 2.45) is 5.92 Å². The molecule has 3 aromatic rings. The third-order valence-electron chi connectivity index (χ3n) is 4.30. The van der Waals surface area contributed by atoms with Gasteiger partial charge in [0.2, 0.25) is 0 Å². The average molecular weight is 415 g/mol. The van der Waals surface area contributed by atoms with E-state index in [1.807, 2.05) is 12.1 Å². The van der Waals surface area contributed by atoms with E-state index < -0.39 is 0 Å². The van der Waals surface area contributed by atoms with E-state index in [2.05, 4.69) is 26.0 Å². The van der Waals surface area contributed by atoms with Gasteiger partial charge in [0.1, 0.15) is 0 Å². The molecule has 0 aliphatic carbocycles. The van der Waals surface area contributed by atoms with Crippen molar-refractivity contribution in [2.45, 2.75) is 6.54 Å². The van der Waals surface area contributed by atoms with Gasteiger partial charge < -0.3 is 9.32 Å². The van der Waals surface area contributed by atoms with Crippen LogP contribution in [0.5, 0.6) is 0 Å². The van der Waals surface area contributed by atoms with Crippen LogP contribution in [0.15, 0.2) is 62.7 Å². The highest BCUT2D eigenvalue weighted by atomic mass is 79.9. The topological polar surface area (TPSA) is 81.2 Å². The zero-order valence-corrected chi connectivity index (χ0v) is 15.3. The van der Waals surface area contributed by atoms with Gasteiger partial charge in [-0.05, 0) is 46.3 Å². The van der Waals surface area contributed by atoms with Crippen LogP contribution in [0.4, 0.5) is 0 Å². The Bertz CT molecular complexity index is 993. The molecule has 4 rings (SSSR count). The first-order chi connectivity index (χ1) is 12.6. The summed E-state index contributed by atoms with van der Waals surface area (Å²) in [4.78, 5) is 30.1. The van der Waals surface area contributed by atoms with E-state index >= 15 is 0 Å². The van der Waals surface area contributed by atoms with Crippen LogP contribution in [0, 0.1) is 5.92 Å². The third kappa shape index (κ3) is 3.32. The standard InChI is InChI=1S/C18H15BrN4O3/c19-16-3-2-15(26-16)18(25)22-9-12(10-22)11-23-17(24)4-1-14(21-23)13-5-7-20-8-6-13/h1-8,12H,9-11H2. The van der Waals surface area contributed by atoms with Gasteiger partial charge in [0.25, 0.3) is 11.5 Å². The predicted octanol–water partition coefficient (Wildman–Crippen LogP) is 2.43. The van der Waals surface area contributed by atoms with Crippen molar-refractivity contribution in [3.8, 4) is 11.3 Å². The van der Waals surface area contributed by atoms with Crippen molar-refractivity contribution in [3.05, 3.63) is 69.6 Å². The van der Waals surface area contributed by atoms with E-state index in [1.165, 1.54) is 10.7 Å². The van der Waals surface area contributed by atoms with E-state index in [1.54, 1.807) is 35.5 Å². The van der Waals surface area contributed by atoms with Gasteiger partial charge in [-0.25, -0.2) is 4.68 Å². The Labute approximate surface area is 157 Å². The lowest BCUT2D eigenvalue weighted by Crippen LogP contribution is -2.52. The molecule has 3 aromatic heterocycles. The number of hydrogen-bond donors (Lipinski definition) is 0. The minimum atomic E-state index is -0.150. The van der Waals surface area contributed by atoms with Gasteiger partial charge in [-0.3, -0.25) is 14.6 Å². The summed E-state index contributed by atoms with van der Waals surface area (Å²) in [5.41, 5.74) is 1.48. The summed E-state index contributed by atoms with van der Waals surface area (Å²) >= 11 is 3.19. The van der Waals surface area contributed by atoms with Crippen LogP contribution >= 0.6 is 15.9 Å². The van der Waals surface area contributed by atoms with Gasteiger partial charge >= 0.3 is 0 Å². The second-order valence-corrected chi connectivity index (χ2v) is 6.94. The largest absolute Gasteiger partial charge is 0.444 e. The highest BCUT2D eigenvalue weighted by Crippen LogP contribution is 2.22. The van der Waals surface area contributed by atoms with Crippen LogP contribution in [0.25, 0.3) is 11.3 Å². The fourth-order valence-corrected chi connectivity index (χ4v) is 3.24. The molecule has 1 amide bonds. The number of pyridine rings is 1. The number of halogens is 1. The monoisotopic (exact) mass is 414 g/mol. The highest BCUT2D eigenvalue weighted by molar-refractivity contribution is 9.10. The maximum absolute atomic E-state index is 12.3. The molecule has 132 valence electrons. The Morgan fingerprint density at radius 3 is 2.62 bits per heavy atom. The number of amides is 1. The summed E-state index contributed by atoms with van der Waals surface area (Å²) in [7, 11) is 0. The summed E-state index contributed by atoms with van der Waals surface area (Å²) in [5.74, 6) is 0.360. The molecule has 0 spiro atoms. The summed E-state index contributed by atoms with van der Waals surface area (Å²) in [6.07, 6.45) is 3.38. The lowest BCUT2D eigenvalue weighted by atomic mass is 10.00. The zero-order chi connectivity index (χ0) is 18.1. The number of furan rings is 1. The van der Waals surface area contributed by atoms with Crippen LogP contribution in [0.3, 0.4) is 0 Å². The number of aromatic nitrogens is 3. The molecule has 0 atom stereocenters. The molecule has 26 heavy (non-hydrogen) atoms. The molecule has 7 nitrogen and oxygen atoms in total. The summed E-state index contributed by atoms with van der Waals surface area (Å²) in [5, 5.41) is 4.44. The van der Waals surface area contributed by atoms with Crippen molar-refractivity contribution in [1.29, 1.82) is 0 Å². The minimum Gasteiger partial charge on any atom is -0.444 e. The van der Waals surface area contributed by atoms with E-state index in [-0.39, 0.29) is 17.4 Å². The zero-order valence-electron chi connectivity index (χ0n) is 13.7. The van der Waals surface area contributed by atoms with E-state index in [4.69, 9.17) is 4.42 Å². The fraction of sp³-hybridized carbons (Fsp3) is 0.222. The fourth-order valence-electron chi connectivity index (χ4n) is 2.94. The molecule has 1 fully saturated rings. The number of carbonyl (C=O) groups is 1. The number of rotatable bonds is 4. The first-order valence-corrected chi connectivity index (χ1v) is 8.92. The highest BCUT2D eigenvalue weighted by Gasteiger charge is 2.33. The predicted molar refractivity (Wildman–Crippen MR) is 97.5 cm³/mol. The van der Waals surface area contributed by atoms with Crippen LogP contribution < -0.4 is 5.56 Å². The maximum Gasteiger partial charge on any atom is 0.289 e. The molecule has 1 aliphatic rings. The Kier molecular flexibility index (Phi) is 4.42. The van der Waals surface area contributed by atoms with Gasteiger partial charge in [0, 0.05) is 43.0 Å². The average Bonchev–Trinajstić information content (AvgIpc) is 3.06. The second kappa shape index (κ2) is 6.87. The first kappa shape index (κ1) is 16.7. The molecule has 8 heteroatoms. The Morgan fingerprint density at radius 1 is 1.15 bits per heavy atom. The molecule has 0 N–H and O–H groups in total. The molecule has 0 saturated carbocycles. The molecule has 1 aliphatic heterocycles. The first-order valence-electron chi connectivity index (χ1n) is 8.13. The van der Waals surface area contributed by atoms with Crippen molar-refractivity contribution >= 4 is 21.8 Å². The Balaban J connectivity index is 1.43. The van der Waals surface area contributed by atoms with Crippen LogP contribution in [-0.2, 0) is 6.54 Å². The molecule has 0 bridgehead atoms. The van der Waals surface area contributed by atoms with Gasteiger partial charge in [-0.15, -0.1) is 0 Å². The van der Waals surface area contributed by atoms with E-state index in [0.717, 1.165) is 11.3 Å². The lowest BCUT2D eigenvalue weighted by Gasteiger charge is -2.38. The normalized spacial score (nSPS) is 14.3. The summed E-state index contributed by atoms with van der Waals surface area (Å²) < 4.78 is 7.29. The van der Waals surface area contributed by atoms with Crippen LogP contribution in [0.2, 0.25) is 0 Å². The SMILES string of the molecule is O=C(c1ccc(Br)o1)N1CC(Cn2nc(-c3ccncc3)ccc2=O)C1. The van der Waals surface area contributed by atoms with Gasteiger partial charge in [-0.1, -0.05) is 0 Å². The van der Waals surface area contributed by atoms with Gasteiger partial charge in [0.15, 0.2) is 10.4 Å². The molecular formula is C18H15BrN4O3.